The number of alkyl halides is 1. The van der Waals surface area contributed by atoms with Crippen molar-refractivity contribution in [2.24, 2.45) is 17.8 Å². The van der Waals surface area contributed by atoms with E-state index in [1.807, 2.05) is 38.2 Å². The molecule has 2 N–H and O–H groups in total. The van der Waals surface area contributed by atoms with Gasteiger partial charge in [-0.2, -0.15) is 0 Å². The summed E-state index contributed by atoms with van der Waals surface area (Å²) in [6, 6.07) is 5.83. The maximum absolute atomic E-state index is 16.9. The van der Waals surface area contributed by atoms with Crippen molar-refractivity contribution in [1.82, 2.24) is 9.80 Å². The number of cyclic esters (lactones) is 1. The molecule has 3 heterocycles. The number of methoxy groups -OCH3 is 1. The first-order chi connectivity index (χ1) is 27.6. The smallest absolute Gasteiger partial charge is 0.411 e. The van der Waals surface area contributed by atoms with Gasteiger partial charge in [0.05, 0.1) is 30.5 Å². The normalized spacial score (nSPS) is 37.4. The van der Waals surface area contributed by atoms with Gasteiger partial charge in [-0.1, -0.05) is 33.8 Å². The fourth-order valence-electron chi connectivity index (χ4n) is 8.97. The topological polar surface area (TPSA) is 179 Å². The summed E-state index contributed by atoms with van der Waals surface area (Å²) in [6.45, 7) is 12.1. The van der Waals surface area contributed by atoms with E-state index in [-0.39, 0.29) is 50.3 Å². The molecule has 0 radical (unpaired) electrons. The highest BCUT2D eigenvalue weighted by atomic mass is 32.2. The van der Waals surface area contributed by atoms with E-state index in [9.17, 15) is 29.1 Å². The molecule has 0 bridgehead atoms. The van der Waals surface area contributed by atoms with Gasteiger partial charge in [0, 0.05) is 48.0 Å². The molecule has 4 rings (SSSR count). The molecule has 59 heavy (non-hydrogen) atoms. The lowest BCUT2D eigenvalue weighted by atomic mass is 9.73. The number of benzene rings is 1. The van der Waals surface area contributed by atoms with Crippen LogP contribution < -0.4 is 5.32 Å². The number of fused-ring (bicyclic) bond motifs is 1. The number of likely N-dealkylation sites (N-methyl/N-ethyl adjacent to an activating group) is 1. The molecule has 0 saturated carbocycles. The zero-order valence-corrected chi connectivity index (χ0v) is 37.3. The third kappa shape index (κ3) is 10.4. The average molecular weight is 854 g/mol. The predicted molar refractivity (Wildman–Crippen MR) is 218 cm³/mol. The number of amides is 2. The molecule has 0 aromatic heterocycles. The summed E-state index contributed by atoms with van der Waals surface area (Å²) in [5.74, 6) is -6.09. The predicted octanol–water partition coefficient (Wildman–Crippen LogP) is 5.64. The molecule has 0 unspecified atom stereocenters. The minimum atomic E-state index is -3.21. The Morgan fingerprint density at radius 2 is 1.78 bits per heavy atom. The highest BCUT2D eigenvalue weighted by Crippen LogP contribution is 2.43. The van der Waals surface area contributed by atoms with Gasteiger partial charge < -0.3 is 43.3 Å². The van der Waals surface area contributed by atoms with Crippen molar-refractivity contribution in [1.29, 1.82) is 0 Å². The minimum absolute atomic E-state index is 0.0106. The molecule has 13 atom stereocenters. The second-order valence-corrected chi connectivity index (χ2v) is 17.8. The van der Waals surface area contributed by atoms with Crippen molar-refractivity contribution in [2.75, 3.05) is 45.9 Å². The number of esters is 1. The Morgan fingerprint density at radius 3 is 2.39 bits per heavy atom. The maximum Gasteiger partial charge on any atom is 0.411 e. The summed E-state index contributed by atoms with van der Waals surface area (Å²) in [4.78, 5) is 73.2. The molecule has 3 fully saturated rings. The van der Waals surface area contributed by atoms with Crippen molar-refractivity contribution in [3.8, 4) is 0 Å². The van der Waals surface area contributed by atoms with E-state index in [0.29, 0.717) is 12.1 Å². The molecule has 3 aliphatic heterocycles. The first-order valence-electron chi connectivity index (χ1n) is 20.3. The average Bonchev–Trinajstić information content (AvgIpc) is 3.45. The summed E-state index contributed by atoms with van der Waals surface area (Å²) >= 11 is 1.52. The summed E-state index contributed by atoms with van der Waals surface area (Å²) < 4.78 is 52.6. The third-order valence-electron chi connectivity index (χ3n) is 12.3. The fourth-order valence-corrected chi connectivity index (χ4v) is 9.43. The fraction of sp³-hybridized carbons (Fsp3) is 0.738. The Morgan fingerprint density at radius 1 is 1.10 bits per heavy atom. The number of aliphatic hydroxyl groups excluding tert-OH is 1. The molecule has 332 valence electrons. The minimum Gasteiger partial charge on any atom is -0.455 e. The molecular formula is C42H64FN3O12S. The zero-order chi connectivity index (χ0) is 44.2. The number of hydrogen-bond acceptors (Lipinski definition) is 14. The molecule has 0 spiro atoms. The van der Waals surface area contributed by atoms with Crippen LogP contribution in [0.25, 0.3) is 0 Å². The van der Waals surface area contributed by atoms with Crippen LogP contribution in [-0.4, -0.2) is 145 Å². The van der Waals surface area contributed by atoms with E-state index in [1.165, 1.54) is 37.6 Å². The number of aliphatic hydroxyl groups is 1. The number of thioether (sulfide) groups is 1. The van der Waals surface area contributed by atoms with Crippen LogP contribution in [0.5, 0.6) is 0 Å². The van der Waals surface area contributed by atoms with Gasteiger partial charge in [0.15, 0.2) is 17.7 Å². The molecular weight excluding hydrogens is 790 g/mol. The van der Waals surface area contributed by atoms with Crippen molar-refractivity contribution >= 4 is 47.2 Å². The first kappa shape index (κ1) is 48.3. The molecule has 3 saturated heterocycles. The van der Waals surface area contributed by atoms with Gasteiger partial charge in [-0.3, -0.25) is 14.9 Å². The Kier molecular flexibility index (Phi) is 16.0. The molecule has 3 aliphatic rings. The Balaban J connectivity index is 1.68. The van der Waals surface area contributed by atoms with Crippen LogP contribution in [0.3, 0.4) is 0 Å². The lowest BCUT2D eigenvalue weighted by Crippen LogP contribution is -2.61. The number of nitrogens with one attached hydrogen (secondary N) is 1. The van der Waals surface area contributed by atoms with Crippen LogP contribution >= 0.6 is 11.8 Å². The number of anilines is 1. The van der Waals surface area contributed by atoms with Crippen molar-refractivity contribution in [3.05, 3.63) is 24.3 Å². The van der Waals surface area contributed by atoms with Gasteiger partial charge in [0.25, 0.3) is 5.67 Å². The summed E-state index contributed by atoms with van der Waals surface area (Å²) in [7, 11) is 4.99. The van der Waals surface area contributed by atoms with Crippen molar-refractivity contribution in [3.63, 3.8) is 0 Å². The van der Waals surface area contributed by atoms with Crippen LogP contribution in [0, 0.1) is 17.8 Å². The third-order valence-corrected chi connectivity index (χ3v) is 13.0. The number of carbonyl (C=O) groups is 5. The lowest BCUT2D eigenvalue weighted by Gasteiger charge is -2.47. The van der Waals surface area contributed by atoms with E-state index in [0.717, 1.165) is 11.8 Å². The van der Waals surface area contributed by atoms with Crippen LogP contribution in [0.4, 0.5) is 19.7 Å². The van der Waals surface area contributed by atoms with Crippen LogP contribution in [0.2, 0.25) is 0 Å². The van der Waals surface area contributed by atoms with Crippen molar-refractivity contribution in [2.45, 2.75) is 146 Å². The van der Waals surface area contributed by atoms with Gasteiger partial charge in [-0.25, -0.2) is 18.8 Å². The maximum atomic E-state index is 16.9. The summed E-state index contributed by atoms with van der Waals surface area (Å²) in [6.07, 6.45) is -4.37. The standard InChI is InChI=1S/C42H64FN3O12S/c1-13-30-42(8)33(46(39(52)58-42)18-15-19-54-38(51)44-27-16-14-17-28(21-27)59-12)25(4)31(47)23(2)22-40(6,53-11)35(26(5)34(49)41(7,43)37(50)56-30)57-36-32(48)29(45(9)10)20-24(3)55-36/h14,16-17,21,23-26,29-30,32-33,35-36,48H,13,15,18-20,22H2,1-12H3,(H,44,51)/t23-,24-,25+,26+,29+,30-,32-,33-,35-,36+,40-,41+,42-/m1/s1. The number of Topliss-reactive ketones (excluding diaryl/α,β-unsaturated/α-hetero) is 2. The number of carbonyl (C=O) groups excluding carboxylic acids is 5. The second kappa shape index (κ2) is 19.6. The number of hydrogen-bond donors (Lipinski definition) is 2. The monoisotopic (exact) mass is 853 g/mol. The van der Waals surface area contributed by atoms with E-state index >= 15 is 4.39 Å². The number of nitrogens with zero attached hydrogens (tertiary/aromatic N) is 2. The molecule has 15 nitrogen and oxygen atoms in total. The van der Waals surface area contributed by atoms with E-state index in [4.69, 9.17) is 28.4 Å². The quantitative estimate of drug-likeness (QED) is 0.0918. The number of ketones is 2. The Hall–Kier alpha value is -3.35. The highest BCUT2D eigenvalue weighted by Gasteiger charge is 2.61. The van der Waals surface area contributed by atoms with Gasteiger partial charge in [-0.05, 0) is 91.9 Å². The first-order valence-corrected chi connectivity index (χ1v) is 21.5. The van der Waals surface area contributed by atoms with Crippen LogP contribution in [-0.2, 0) is 42.8 Å². The zero-order valence-electron chi connectivity index (χ0n) is 36.4. The van der Waals surface area contributed by atoms with Gasteiger partial charge in [0.1, 0.15) is 18.0 Å². The second-order valence-electron chi connectivity index (χ2n) is 16.9. The van der Waals surface area contributed by atoms with Gasteiger partial charge in [-0.15, -0.1) is 11.8 Å². The molecule has 17 heteroatoms. The molecule has 1 aromatic rings. The van der Waals surface area contributed by atoms with Crippen molar-refractivity contribution < 1.29 is 61.9 Å². The van der Waals surface area contributed by atoms with Crippen LogP contribution in [0.15, 0.2) is 29.2 Å². The molecule has 1 aromatic carbocycles. The lowest BCUT2D eigenvalue weighted by molar-refractivity contribution is -0.295. The van der Waals surface area contributed by atoms with Gasteiger partial charge >= 0.3 is 18.2 Å². The number of rotatable bonds is 11. The van der Waals surface area contributed by atoms with E-state index in [2.05, 4.69) is 5.32 Å². The SMILES string of the molecule is CC[C@H]1OC(=O)[C@@](C)(F)C(=O)[C@H](C)[C@@H](O[C@@H]2O[C@H](C)C[C@H](N(C)C)[C@H]2O)[C@](C)(OC)C[C@@H](C)C(=O)[C@H](C)[C@H]2N(CCCOC(=O)Nc3cccc(SC)c3)C(=O)O[C@]12C. The largest absolute Gasteiger partial charge is 0.455 e. The van der Waals surface area contributed by atoms with E-state index < -0.39 is 89.2 Å². The number of halogens is 1. The summed E-state index contributed by atoms with van der Waals surface area (Å²) in [5.41, 5.74) is -5.82. The van der Waals surface area contributed by atoms with E-state index in [1.54, 1.807) is 45.9 Å². The summed E-state index contributed by atoms with van der Waals surface area (Å²) in [5, 5.41) is 14.1. The number of ether oxygens (including phenoxy) is 6. The molecule has 2 amide bonds. The molecule has 0 aliphatic carbocycles. The van der Waals surface area contributed by atoms with Crippen LogP contribution in [0.1, 0.15) is 81.1 Å². The van der Waals surface area contributed by atoms with Gasteiger partial charge in [0.2, 0.25) is 0 Å². The Labute approximate surface area is 351 Å². The highest BCUT2D eigenvalue weighted by molar-refractivity contribution is 7.98. The Bertz CT molecular complexity index is 1680.